The number of hydrogen-bond acceptors (Lipinski definition) is 0. The Labute approximate surface area is 164 Å². The quantitative estimate of drug-likeness (QED) is 0.408. The molecule has 1 aliphatic rings. The summed E-state index contributed by atoms with van der Waals surface area (Å²) in [5, 5.41) is 0. The molecule has 0 saturated heterocycles. The van der Waals surface area contributed by atoms with Crippen LogP contribution in [0.4, 0.5) is 13.2 Å². The maximum Gasteiger partial charge on any atom is 0.134 e. The summed E-state index contributed by atoms with van der Waals surface area (Å²) in [5.74, 6) is -1.78. The smallest absolute Gasteiger partial charge is 0.134 e. The molecule has 0 spiro atoms. The van der Waals surface area contributed by atoms with Gasteiger partial charge in [-0.1, -0.05) is 50.1 Å². The molecule has 0 aromatic heterocycles. The highest BCUT2D eigenvalue weighted by molar-refractivity contribution is 5.78. The molecule has 0 heterocycles. The normalized spacial score (nSPS) is 12.6. The molecule has 0 aliphatic heterocycles. The van der Waals surface area contributed by atoms with Gasteiger partial charge in [0.25, 0.3) is 0 Å². The lowest BCUT2D eigenvalue weighted by Gasteiger charge is -2.22. The van der Waals surface area contributed by atoms with Crippen LogP contribution in [0, 0.1) is 17.5 Å². The van der Waals surface area contributed by atoms with E-state index in [0.717, 1.165) is 30.0 Å². The first-order chi connectivity index (χ1) is 13.6. The van der Waals surface area contributed by atoms with Gasteiger partial charge in [-0.3, -0.25) is 0 Å². The molecule has 0 atom stereocenters. The molecular weight excluding hydrogens is 357 g/mol. The van der Waals surface area contributed by atoms with E-state index >= 15 is 4.39 Å². The van der Waals surface area contributed by atoms with Crippen molar-refractivity contribution in [1.29, 1.82) is 0 Å². The molecule has 0 saturated carbocycles. The zero-order chi connectivity index (χ0) is 19.7. The number of hydrogen-bond donors (Lipinski definition) is 0. The highest BCUT2D eigenvalue weighted by Crippen LogP contribution is 2.39. The molecule has 0 unspecified atom stereocenters. The third-order valence-electron chi connectivity index (χ3n) is 5.59. The van der Waals surface area contributed by atoms with E-state index in [0.29, 0.717) is 12.0 Å². The van der Waals surface area contributed by atoms with E-state index in [1.165, 1.54) is 42.5 Å². The number of unbranched alkanes of at least 4 members (excludes halogenated alkanes) is 2. The van der Waals surface area contributed by atoms with Gasteiger partial charge in [0, 0.05) is 11.6 Å². The van der Waals surface area contributed by atoms with Crippen LogP contribution >= 0.6 is 0 Å². The first kappa shape index (κ1) is 18.8. The highest BCUT2D eigenvalue weighted by Gasteiger charge is 2.22. The van der Waals surface area contributed by atoms with Gasteiger partial charge in [0.1, 0.15) is 17.5 Å². The fraction of sp³-hybridized carbons (Fsp3) is 0.280. The van der Waals surface area contributed by atoms with Crippen molar-refractivity contribution in [3.05, 3.63) is 82.7 Å². The predicted octanol–water partition coefficient (Wildman–Crippen LogP) is 7.27. The molecule has 0 nitrogen and oxygen atoms in total. The largest absolute Gasteiger partial charge is 0.207 e. The van der Waals surface area contributed by atoms with Crippen molar-refractivity contribution in [3.8, 4) is 22.3 Å². The van der Waals surface area contributed by atoms with Crippen molar-refractivity contribution in [2.45, 2.75) is 45.4 Å². The van der Waals surface area contributed by atoms with Crippen LogP contribution in [0.2, 0.25) is 0 Å². The number of benzene rings is 3. The first-order valence-electron chi connectivity index (χ1n) is 9.97. The van der Waals surface area contributed by atoms with E-state index in [-0.39, 0.29) is 16.9 Å². The van der Waals surface area contributed by atoms with Gasteiger partial charge >= 0.3 is 0 Å². The lowest BCUT2D eigenvalue weighted by Crippen LogP contribution is -2.08. The van der Waals surface area contributed by atoms with Crippen molar-refractivity contribution in [2.24, 2.45) is 0 Å². The van der Waals surface area contributed by atoms with Crippen LogP contribution in [0.25, 0.3) is 22.3 Å². The fourth-order valence-corrected chi connectivity index (χ4v) is 4.16. The number of rotatable bonds is 5. The minimum absolute atomic E-state index is 0.231. The van der Waals surface area contributed by atoms with Crippen molar-refractivity contribution < 1.29 is 13.2 Å². The molecule has 0 N–H and O–H groups in total. The third-order valence-corrected chi connectivity index (χ3v) is 5.59. The number of aryl methyl sites for hydroxylation is 2. The van der Waals surface area contributed by atoms with E-state index < -0.39 is 11.6 Å². The predicted molar refractivity (Wildman–Crippen MR) is 108 cm³/mol. The minimum atomic E-state index is -0.701. The maximum absolute atomic E-state index is 15.2. The Morgan fingerprint density at radius 2 is 1.46 bits per heavy atom. The van der Waals surface area contributed by atoms with Gasteiger partial charge in [-0.2, -0.15) is 0 Å². The molecule has 1 aliphatic carbocycles. The van der Waals surface area contributed by atoms with Crippen LogP contribution in [-0.2, 0) is 19.3 Å². The van der Waals surface area contributed by atoms with Crippen molar-refractivity contribution in [2.75, 3.05) is 0 Å². The van der Waals surface area contributed by atoms with Gasteiger partial charge in [0.2, 0.25) is 0 Å². The molecule has 0 bridgehead atoms. The van der Waals surface area contributed by atoms with Gasteiger partial charge in [-0.15, -0.1) is 0 Å². The van der Waals surface area contributed by atoms with E-state index in [1.807, 2.05) is 6.07 Å². The highest BCUT2D eigenvalue weighted by atomic mass is 19.1. The van der Waals surface area contributed by atoms with E-state index in [1.54, 1.807) is 6.07 Å². The summed E-state index contributed by atoms with van der Waals surface area (Å²) in [4.78, 5) is 0. The van der Waals surface area contributed by atoms with Crippen molar-refractivity contribution in [1.82, 2.24) is 0 Å². The molecule has 4 rings (SSSR count). The second-order valence-corrected chi connectivity index (χ2v) is 7.56. The van der Waals surface area contributed by atoms with E-state index in [9.17, 15) is 8.78 Å². The van der Waals surface area contributed by atoms with E-state index in [4.69, 9.17) is 0 Å². The average molecular weight is 380 g/mol. The molecule has 3 aromatic rings. The minimum Gasteiger partial charge on any atom is -0.207 e. The summed E-state index contributed by atoms with van der Waals surface area (Å²) in [6, 6.07) is 13.1. The molecule has 0 amide bonds. The molecule has 0 radical (unpaired) electrons. The lowest BCUT2D eigenvalue weighted by molar-refractivity contribution is 0.583. The van der Waals surface area contributed by atoms with Crippen LogP contribution in [0.5, 0.6) is 0 Å². The van der Waals surface area contributed by atoms with Crippen LogP contribution in [0.3, 0.4) is 0 Å². The summed E-state index contributed by atoms with van der Waals surface area (Å²) < 4.78 is 42.4. The van der Waals surface area contributed by atoms with Crippen molar-refractivity contribution >= 4 is 0 Å². The summed E-state index contributed by atoms with van der Waals surface area (Å²) in [6.45, 7) is 2.20. The Bertz CT molecular complexity index is 1000. The van der Waals surface area contributed by atoms with Crippen LogP contribution in [0.15, 0.2) is 48.5 Å². The summed E-state index contributed by atoms with van der Waals surface area (Å²) in [6.07, 6.45) is 6.07. The Morgan fingerprint density at radius 1 is 0.750 bits per heavy atom. The van der Waals surface area contributed by atoms with Gasteiger partial charge in [-0.25, -0.2) is 13.2 Å². The van der Waals surface area contributed by atoms with Crippen molar-refractivity contribution in [3.63, 3.8) is 0 Å². The van der Waals surface area contributed by atoms with Crippen LogP contribution in [-0.4, -0.2) is 0 Å². The molecule has 144 valence electrons. The second kappa shape index (κ2) is 7.83. The first-order valence-corrected chi connectivity index (χ1v) is 9.97. The SMILES string of the molecule is CCCCCc1ccc2c(c1)CCc1c-2ccc(-c2cc(F)cc(F)c2)c1F. The molecule has 3 aromatic carbocycles. The van der Waals surface area contributed by atoms with Crippen LogP contribution < -0.4 is 0 Å². The second-order valence-electron chi connectivity index (χ2n) is 7.56. The Hall–Kier alpha value is -2.55. The molecule has 0 fully saturated rings. The Morgan fingerprint density at radius 3 is 2.21 bits per heavy atom. The fourth-order valence-electron chi connectivity index (χ4n) is 4.16. The van der Waals surface area contributed by atoms with Gasteiger partial charge in [0.15, 0.2) is 0 Å². The standard InChI is InChI=1S/C25H23F3/c1-2-3-4-5-16-6-8-21-17(12-16)7-9-24-23(21)11-10-22(25(24)28)18-13-19(26)15-20(27)14-18/h6,8,10-15H,2-5,7,9H2,1H3. The summed E-state index contributed by atoms with van der Waals surface area (Å²) in [7, 11) is 0. The zero-order valence-electron chi connectivity index (χ0n) is 16.0. The molecule has 28 heavy (non-hydrogen) atoms. The van der Waals surface area contributed by atoms with Gasteiger partial charge in [-0.05, 0) is 71.2 Å². The lowest BCUT2D eigenvalue weighted by atomic mass is 9.82. The van der Waals surface area contributed by atoms with E-state index in [2.05, 4.69) is 25.1 Å². The monoisotopic (exact) mass is 380 g/mol. The van der Waals surface area contributed by atoms with Gasteiger partial charge < -0.3 is 0 Å². The molecular formula is C25H23F3. The number of fused-ring (bicyclic) bond motifs is 3. The Balaban J connectivity index is 1.71. The van der Waals surface area contributed by atoms with Crippen LogP contribution in [0.1, 0.15) is 42.9 Å². The average Bonchev–Trinajstić information content (AvgIpc) is 2.67. The summed E-state index contributed by atoms with van der Waals surface area (Å²) in [5.41, 5.74) is 5.66. The summed E-state index contributed by atoms with van der Waals surface area (Å²) >= 11 is 0. The number of halogens is 3. The van der Waals surface area contributed by atoms with Gasteiger partial charge in [0.05, 0.1) is 0 Å². The Kier molecular flexibility index (Phi) is 5.25. The maximum atomic E-state index is 15.2. The molecule has 3 heteroatoms. The topological polar surface area (TPSA) is 0 Å². The zero-order valence-corrected chi connectivity index (χ0v) is 16.0. The third kappa shape index (κ3) is 3.58.